The minimum absolute atomic E-state index is 0.130. The van der Waals surface area contributed by atoms with E-state index < -0.39 is 0 Å². The van der Waals surface area contributed by atoms with E-state index in [2.05, 4.69) is 16.8 Å². The Morgan fingerprint density at radius 3 is 2.68 bits per heavy atom. The highest BCUT2D eigenvalue weighted by atomic mass is 32.1. The van der Waals surface area contributed by atoms with E-state index in [0.29, 0.717) is 30.4 Å². The van der Waals surface area contributed by atoms with Crippen molar-refractivity contribution in [2.45, 2.75) is 12.8 Å². The lowest BCUT2D eigenvalue weighted by Gasteiger charge is -2.23. The molecule has 1 saturated heterocycles. The van der Waals surface area contributed by atoms with Gasteiger partial charge in [0.25, 0.3) is 0 Å². The lowest BCUT2D eigenvalue weighted by atomic mass is 10.1. The number of amides is 1. The molecule has 19 heavy (non-hydrogen) atoms. The van der Waals surface area contributed by atoms with Crippen LogP contribution in [-0.2, 0) is 4.79 Å². The lowest BCUT2D eigenvalue weighted by molar-refractivity contribution is -0.130. The van der Waals surface area contributed by atoms with E-state index >= 15 is 0 Å². The van der Waals surface area contributed by atoms with Gasteiger partial charge in [-0.05, 0) is 33.0 Å². The van der Waals surface area contributed by atoms with Gasteiger partial charge in [0.1, 0.15) is 0 Å². The minimum Gasteiger partial charge on any atom is -0.393 e. The molecule has 110 valence electrons. The van der Waals surface area contributed by atoms with Gasteiger partial charge in [-0.2, -0.15) is 0 Å². The molecule has 1 aliphatic heterocycles. The number of carbonyl (C=O) groups excluding carboxylic acids is 1. The van der Waals surface area contributed by atoms with E-state index in [1.807, 2.05) is 7.05 Å². The molecule has 6 heteroatoms. The van der Waals surface area contributed by atoms with Gasteiger partial charge < -0.3 is 15.5 Å². The third-order valence-corrected chi connectivity index (χ3v) is 3.79. The number of hydrogen-bond donors (Lipinski definition) is 1. The van der Waals surface area contributed by atoms with Gasteiger partial charge >= 0.3 is 0 Å². The van der Waals surface area contributed by atoms with Crippen LogP contribution in [0.15, 0.2) is 0 Å². The summed E-state index contributed by atoms with van der Waals surface area (Å²) in [6.45, 7) is 4.36. The summed E-state index contributed by atoms with van der Waals surface area (Å²) < 4.78 is 0. The Morgan fingerprint density at radius 1 is 1.47 bits per heavy atom. The average molecular weight is 286 g/mol. The average Bonchev–Trinajstić information content (AvgIpc) is 2.71. The van der Waals surface area contributed by atoms with Crippen molar-refractivity contribution in [3.8, 4) is 0 Å². The Kier molecular flexibility index (Phi) is 6.68. The fourth-order valence-corrected chi connectivity index (χ4v) is 2.53. The van der Waals surface area contributed by atoms with Crippen molar-refractivity contribution in [3.63, 3.8) is 0 Å². The smallest absolute Gasteiger partial charge is 0.236 e. The maximum absolute atomic E-state index is 12.0. The van der Waals surface area contributed by atoms with Gasteiger partial charge in [0, 0.05) is 33.1 Å². The molecule has 0 aliphatic carbocycles. The van der Waals surface area contributed by atoms with Crippen LogP contribution in [0.2, 0.25) is 0 Å². The van der Waals surface area contributed by atoms with E-state index in [0.717, 1.165) is 13.1 Å². The quantitative estimate of drug-likeness (QED) is 0.668. The predicted octanol–water partition coefficient (Wildman–Crippen LogP) is 0.00450. The van der Waals surface area contributed by atoms with Crippen molar-refractivity contribution in [2.24, 2.45) is 11.7 Å². The standard InChI is InChI=1S/C13H26N4OS/c1-15-6-4-11(8-15)9-16(2)10-13(18)17(3)7-5-12(14)19/h11H,4-10H2,1-3H3,(H2,14,19). The van der Waals surface area contributed by atoms with Gasteiger partial charge in [0.05, 0.1) is 11.5 Å². The topological polar surface area (TPSA) is 52.8 Å². The van der Waals surface area contributed by atoms with E-state index in [9.17, 15) is 4.79 Å². The monoisotopic (exact) mass is 286 g/mol. The molecular formula is C13H26N4OS. The summed E-state index contributed by atoms with van der Waals surface area (Å²) in [5.41, 5.74) is 5.44. The summed E-state index contributed by atoms with van der Waals surface area (Å²) in [7, 11) is 5.96. The van der Waals surface area contributed by atoms with Crippen molar-refractivity contribution in [3.05, 3.63) is 0 Å². The SMILES string of the molecule is CN1CCC(CN(C)CC(=O)N(C)CCC(N)=S)C1. The second-order valence-electron chi connectivity index (χ2n) is 5.65. The van der Waals surface area contributed by atoms with Gasteiger partial charge in [0.15, 0.2) is 0 Å². The van der Waals surface area contributed by atoms with Crippen molar-refractivity contribution in [1.82, 2.24) is 14.7 Å². The first-order valence-corrected chi connectivity index (χ1v) is 7.18. The number of hydrogen-bond acceptors (Lipinski definition) is 4. The fourth-order valence-electron chi connectivity index (χ4n) is 2.43. The molecule has 1 atom stereocenters. The zero-order chi connectivity index (χ0) is 14.4. The number of thiocarbonyl (C=S) groups is 1. The molecule has 0 aromatic carbocycles. The molecule has 1 aliphatic rings. The van der Waals surface area contributed by atoms with E-state index in [1.54, 1.807) is 11.9 Å². The molecule has 0 aromatic rings. The molecule has 1 fully saturated rings. The van der Waals surface area contributed by atoms with Gasteiger partial charge in [-0.25, -0.2) is 0 Å². The van der Waals surface area contributed by atoms with E-state index in [-0.39, 0.29) is 5.91 Å². The molecule has 5 nitrogen and oxygen atoms in total. The van der Waals surface area contributed by atoms with Crippen LogP contribution in [0.5, 0.6) is 0 Å². The van der Waals surface area contributed by atoms with Crippen LogP contribution in [0.25, 0.3) is 0 Å². The zero-order valence-corrected chi connectivity index (χ0v) is 13.1. The number of nitrogens with two attached hydrogens (primary N) is 1. The highest BCUT2D eigenvalue weighted by Gasteiger charge is 2.22. The summed E-state index contributed by atoms with van der Waals surface area (Å²) in [5, 5.41) is 0. The predicted molar refractivity (Wildman–Crippen MR) is 82.1 cm³/mol. The molecule has 1 amide bonds. The molecule has 0 bridgehead atoms. The number of rotatable bonds is 7. The first-order valence-electron chi connectivity index (χ1n) is 6.78. The van der Waals surface area contributed by atoms with Gasteiger partial charge in [-0.3, -0.25) is 9.69 Å². The molecule has 0 saturated carbocycles. The largest absolute Gasteiger partial charge is 0.393 e. The third kappa shape index (κ3) is 6.31. The molecule has 1 unspecified atom stereocenters. The van der Waals surface area contributed by atoms with Crippen molar-refractivity contribution in [2.75, 3.05) is 53.9 Å². The van der Waals surface area contributed by atoms with Crippen LogP contribution in [-0.4, -0.2) is 79.5 Å². The second kappa shape index (κ2) is 7.77. The number of nitrogens with zero attached hydrogens (tertiary/aromatic N) is 3. The van der Waals surface area contributed by atoms with Crippen LogP contribution in [0.1, 0.15) is 12.8 Å². The van der Waals surface area contributed by atoms with Crippen LogP contribution < -0.4 is 5.73 Å². The summed E-state index contributed by atoms with van der Waals surface area (Å²) in [4.78, 5) is 18.6. The number of likely N-dealkylation sites (tertiary alicyclic amines) is 1. The van der Waals surface area contributed by atoms with Crippen molar-refractivity contribution in [1.29, 1.82) is 0 Å². The normalized spacial score (nSPS) is 19.9. The fraction of sp³-hybridized carbons (Fsp3) is 0.846. The number of carbonyl (C=O) groups is 1. The lowest BCUT2D eigenvalue weighted by Crippen LogP contribution is -2.39. The van der Waals surface area contributed by atoms with Crippen LogP contribution in [0, 0.1) is 5.92 Å². The molecule has 0 radical (unpaired) electrons. The second-order valence-corrected chi connectivity index (χ2v) is 6.17. The van der Waals surface area contributed by atoms with Crippen LogP contribution in [0.3, 0.4) is 0 Å². The first kappa shape index (κ1) is 16.3. The highest BCUT2D eigenvalue weighted by Crippen LogP contribution is 2.14. The van der Waals surface area contributed by atoms with Crippen LogP contribution >= 0.6 is 12.2 Å². The summed E-state index contributed by atoms with van der Waals surface area (Å²) in [6, 6.07) is 0. The van der Waals surface area contributed by atoms with Gasteiger partial charge in [0.2, 0.25) is 5.91 Å². The van der Waals surface area contributed by atoms with Crippen molar-refractivity contribution < 1.29 is 4.79 Å². The summed E-state index contributed by atoms with van der Waals surface area (Å²) in [6.07, 6.45) is 1.82. The third-order valence-electron chi connectivity index (χ3n) is 3.58. The molecule has 2 N–H and O–H groups in total. The first-order chi connectivity index (χ1) is 8.88. The summed E-state index contributed by atoms with van der Waals surface area (Å²) in [5.74, 6) is 0.815. The molecule has 1 rings (SSSR count). The van der Waals surface area contributed by atoms with Gasteiger partial charge in [-0.1, -0.05) is 12.2 Å². The molecular weight excluding hydrogens is 260 g/mol. The molecule has 1 heterocycles. The Labute approximate surface area is 121 Å². The Balaban J connectivity index is 2.25. The van der Waals surface area contributed by atoms with E-state index in [4.69, 9.17) is 18.0 Å². The molecule has 0 spiro atoms. The maximum atomic E-state index is 12.0. The zero-order valence-electron chi connectivity index (χ0n) is 12.3. The Bertz CT molecular complexity index is 324. The van der Waals surface area contributed by atoms with Gasteiger partial charge in [-0.15, -0.1) is 0 Å². The Morgan fingerprint density at radius 2 is 2.16 bits per heavy atom. The highest BCUT2D eigenvalue weighted by molar-refractivity contribution is 7.80. The van der Waals surface area contributed by atoms with Crippen molar-refractivity contribution >= 4 is 23.1 Å². The number of likely N-dealkylation sites (N-methyl/N-ethyl adjacent to an activating group) is 2. The maximum Gasteiger partial charge on any atom is 0.236 e. The molecule has 0 aromatic heterocycles. The minimum atomic E-state index is 0.130. The van der Waals surface area contributed by atoms with E-state index in [1.165, 1.54) is 13.0 Å². The van der Waals surface area contributed by atoms with Crippen LogP contribution in [0.4, 0.5) is 0 Å². The summed E-state index contributed by atoms with van der Waals surface area (Å²) >= 11 is 4.82. The Hall–Kier alpha value is -0.720.